The molecule has 2 aromatic rings. The Morgan fingerprint density at radius 1 is 1.33 bits per heavy atom. The lowest BCUT2D eigenvalue weighted by molar-refractivity contribution is 0.266. The van der Waals surface area contributed by atoms with Crippen LogP contribution in [0.15, 0.2) is 31.0 Å². The van der Waals surface area contributed by atoms with E-state index in [1.54, 1.807) is 0 Å². The zero-order valence-corrected chi connectivity index (χ0v) is 15.6. The highest BCUT2D eigenvalue weighted by Crippen LogP contribution is 2.30. The van der Waals surface area contributed by atoms with Crippen LogP contribution in [-0.4, -0.2) is 9.78 Å². The van der Waals surface area contributed by atoms with Gasteiger partial charge in [-0.3, -0.25) is 4.68 Å². The molecular formula is C22H28N2. The predicted molar refractivity (Wildman–Crippen MR) is 104 cm³/mol. The molecule has 0 N–H and O–H groups in total. The number of aromatic nitrogens is 2. The predicted octanol–water partition coefficient (Wildman–Crippen LogP) is 5.70. The van der Waals surface area contributed by atoms with E-state index in [2.05, 4.69) is 75.2 Å². The van der Waals surface area contributed by atoms with Crippen molar-refractivity contribution in [1.29, 1.82) is 0 Å². The van der Waals surface area contributed by atoms with E-state index in [9.17, 15) is 0 Å². The standard InChI is InChI=1S/C22H28N2/c1-7-10-18-12-11-17(4)20(14-18)21-19(9-3)15-24(23-21)16-22(5,6)13-8-2/h9,11-12,14-15H,3,8,13,16H2,1-2,4-6H3. The lowest BCUT2D eigenvalue weighted by atomic mass is 9.88. The highest BCUT2D eigenvalue weighted by molar-refractivity contribution is 5.74. The molecule has 2 heteroatoms. The molecule has 0 aliphatic heterocycles. The first-order valence-corrected chi connectivity index (χ1v) is 8.64. The van der Waals surface area contributed by atoms with Crippen LogP contribution >= 0.6 is 0 Å². The molecule has 24 heavy (non-hydrogen) atoms. The average Bonchev–Trinajstić information content (AvgIpc) is 2.91. The third-order valence-electron chi connectivity index (χ3n) is 4.29. The molecule has 0 aliphatic carbocycles. The Labute approximate surface area is 146 Å². The third kappa shape index (κ3) is 4.17. The molecule has 1 aromatic carbocycles. The van der Waals surface area contributed by atoms with Gasteiger partial charge in [0.25, 0.3) is 0 Å². The first-order chi connectivity index (χ1) is 11.4. The van der Waals surface area contributed by atoms with E-state index in [0.29, 0.717) is 0 Å². The molecule has 0 fully saturated rings. The summed E-state index contributed by atoms with van der Waals surface area (Å²) in [7, 11) is 0. The Kier molecular flexibility index (Phi) is 5.67. The minimum atomic E-state index is 0.237. The molecule has 2 nitrogen and oxygen atoms in total. The summed E-state index contributed by atoms with van der Waals surface area (Å²) >= 11 is 0. The molecule has 0 saturated heterocycles. The first-order valence-electron chi connectivity index (χ1n) is 8.64. The summed E-state index contributed by atoms with van der Waals surface area (Å²) in [6.07, 6.45) is 6.37. The molecule has 1 heterocycles. The van der Waals surface area contributed by atoms with Gasteiger partial charge < -0.3 is 0 Å². The van der Waals surface area contributed by atoms with Crippen molar-refractivity contribution in [3.05, 3.63) is 47.7 Å². The number of nitrogens with zero attached hydrogens (tertiary/aromatic N) is 2. The van der Waals surface area contributed by atoms with Gasteiger partial charge in [-0.25, -0.2) is 0 Å². The molecule has 0 saturated carbocycles. The van der Waals surface area contributed by atoms with Crippen molar-refractivity contribution in [1.82, 2.24) is 9.78 Å². The van der Waals surface area contributed by atoms with Crippen molar-refractivity contribution in [2.24, 2.45) is 5.41 Å². The minimum Gasteiger partial charge on any atom is -0.271 e. The monoisotopic (exact) mass is 320 g/mol. The lowest BCUT2D eigenvalue weighted by Crippen LogP contribution is -2.19. The molecule has 126 valence electrons. The van der Waals surface area contributed by atoms with Crippen molar-refractivity contribution in [3.8, 4) is 23.1 Å². The minimum absolute atomic E-state index is 0.237. The zero-order valence-electron chi connectivity index (χ0n) is 15.6. The molecule has 0 bridgehead atoms. The number of hydrogen-bond donors (Lipinski definition) is 0. The Bertz CT molecular complexity index is 782. The smallest absolute Gasteiger partial charge is 0.0998 e. The number of aryl methyl sites for hydroxylation is 1. The van der Waals surface area contributed by atoms with Gasteiger partial charge in [-0.2, -0.15) is 5.10 Å². The second-order valence-electron chi connectivity index (χ2n) is 7.15. The maximum atomic E-state index is 4.88. The summed E-state index contributed by atoms with van der Waals surface area (Å²) in [4.78, 5) is 0. The van der Waals surface area contributed by atoms with Crippen LogP contribution in [0.25, 0.3) is 17.3 Å². The van der Waals surface area contributed by atoms with Crippen molar-refractivity contribution < 1.29 is 0 Å². The van der Waals surface area contributed by atoms with Crippen LogP contribution in [0.4, 0.5) is 0 Å². The lowest BCUT2D eigenvalue weighted by Gasteiger charge is -2.23. The second kappa shape index (κ2) is 7.53. The van der Waals surface area contributed by atoms with Gasteiger partial charge in [0, 0.05) is 29.4 Å². The zero-order chi connectivity index (χ0) is 17.7. The Balaban J connectivity index is 2.45. The highest BCUT2D eigenvalue weighted by atomic mass is 15.3. The van der Waals surface area contributed by atoms with E-state index in [-0.39, 0.29) is 5.41 Å². The topological polar surface area (TPSA) is 17.8 Å². The van der Waals surface area contributed by atoms with Crippen LogP contribution in [0.3, 0.4) is 0 Å². The van der Waals surface area contributed by atoms with Crippen LogP contribution < -0.4 is 0 Å². The quantitative estimate of drug-likeness (QED) is 0.624. The fourth-order valence-electron chi connectivity index (χ4n) is 3.17. The van der Waals surface area contributed by atoms with E-state index < -0.39 is 0 Å². The SMILES string of the molecule is C=Cc1cn(CC(C)(C)CCC)nc1-c1cc(C#CC)ccc1C. The van der Waals surface area contributed by atoms with E-state index in [0.717, 1.165) is 28.9 Å². The largest absolute Gasteiger partial charge is 0.271 e. The van der Waals surface area contributed by atoms with Crippen molar-refractivity contribution in [3.63, 3.8) is 0 Å². The van der Waals surface area contributed by atoms with Crippen molar-refractivity contribution in [2.45, 2.75) is 54.0 Å². The van der Waals surface area contributed by atoms with E-state index >= 15 is 0 Å². The third-order valence-corrected chi connectivity index (χ3v) is 4.29. The summed E-state index contributed by atoms with van der Waals surface area (Å²) in [5, 5.41) is 4.88. The van der Waals surface area contributed by atoms with Gasteiger partial charge in [-0.05, 0) is 43.4 Å². The van der Waals surface area contributed by atoms with Crippen molar-refractivity contribution >= 4 is 6.08 Å². The number of benzene rings is 1. The molecule has 2 rings (SSSR count). The summed E-state index contributed by atoms with van der Waals surface area (Å²) in [5.41, 5.74) is 5.67. The summed E-state index contributed by atoms with van der Waals surface area (Å²) in [6.45, 7) is 15.7. The molecular weight excluding hydrogens is 292 g/mol. The fourth-order valence-corrected chi connectivity index (χ4v) is 3.17. The van der Waals surface area contributed by atoms with Gasteiger partial charge in [0.2, 0.25) is 0 Å². The number of rotatable bonds is 6. The van der Waals surface area contributed by atoms with Gasteiger partial charge in [-0.1, -0.05) is 51.8 Å². The van der Waals surface area contributed by atoms with Gasteiger partial charge in [-0.15, -0.1) is 5.92 Å². The maximum absolute atomic E-state index is 4.88. The van der Waals surface area contributed by atoms with E-state index in [4.69, 9.17) is 5.10 Å². The average molecular weight is 320 g/mol. The normalized spacial score (nSPS) is 11.0. The molecule has 0 atom stereocenters. The van der Waals surface area contributed by atoms with Crippen molar-refractivity contribution in [2.75, 3.05) is 0 Å². The molecule has 0 aliphatic rings. The highest BCUT2D eigenvalue weighted by Gasteiger charge is 2.20. The van der Waals surface area contributed by atoms with Crippen LogP contribution in [0, 0.1) is 24.2 Å². The molecule has 0 radical (unpaired) electrons. The van der Waals surface area contributed by atoms with E-state index in [1.807, 2.05) is 13.0 Å². The summed E-state index contributed by atoms with van der Waals surface area (Å²) in [5.74, 6) is 6.10. The summed E-state index contributed by atoms with van der Waals surface area (Å²) < 4.78 is 2.07. The van der Waals surface area contributed by atoms with Gasteiger partial charge in [0.05, 0.1) is 5.69 Å². The second-order valence-corrected chi connectivity index (χ2v) is 7.15. The van der Waals surface area contributed by atoms with Crippen LogP contribution in [-0.2, 0) is 6.54 Å². The molecule has 0 spiro atoms. The van der Waals surface area contributed by atoms with Crippen LogP contribution in [0.1, 0.15) is 57.2 Å². The van der Waals surface area contributed by atoms with Gasteiger partial charge in [0.1, 0.15) is 0 Å². The number of hydrogen-bond acceptors (Lipinski definition) is 1. The molecule has 1 aromatic heterocycles. The molecule has 0 unspecified atom stereocenters. The van der Waals surface area contributed by atoms with Gasteiger partial charge in [0.15, 0.2) is 0 Å². The molecule has 0 amide bonds. The Hall–Kier alpha value is -2.27. The Morgan fingerprint density at radius 3 is 2.71 bits per heavy atom. The van der Waals surface area contributed by atoms with E-state index in [1.165, 1.54) is 18.4 Å². The summed E-state index contributed by atoms with van der Waals surface area (Å²) in [6, 6.07) is 6.30. The van der Waals surface area contributed by atoms with Crippen LogP contribution in [0.5, 0.6) is 0 Å². The van der Waals surface area contributed by atoms with Crippen LogP contribution in [0.2, 0.25) is 0 Å². The fraction of sp³-hybridized carbons (Fsp3) is 0.409. The maximum Gasteiger partial charge on any atom is 0.0998 e. The Morgan fingerprint density at radius 2 is 2.08 bits per heavy atom. The first kappa shape index (κ1) is 18.1. The van der Waals surface area contributed by atoms with Gasteiger partial charge >= 0.3 is 0 Å².